The van der Waals surface area contributed by atoms with Crippen molar-refractivity contribution in [2.45, 2.75) is 6.92 Å². The summed E-state index contributed by atoms with van der Waals surface area (Å²) in [7, 11) is 0. The number of nitrogens with zero attached hydrogens (tertiary/aromatic N) is 5. The van der Waals surface area contributed by atoms with E-state index in [0.29, 0.717) is 54.0 Å². The second kappa shape index (κ2) is 7.36. The summed E-state index contributed by atoms with van der Waals surface area (Å²) in [5, 5.41) is 4.44. The highest BCUT2D eigenvalue weighted by Gasteiger charge is 2.26. The first kappa shape index (κ1) is 17.5. The number of carbonyl (C=O) groups excluding carboxylic acids is 1. The molecule has 4 rings (SSSR count). The number of carbonyl (C=O) groups is 1. The van der Waals surface area contributed by atoms with Crippen LogP contribution in [0.25, 0.3) is 11.5 Å². The first-order valence-electron chi connectivity index (χ1n) is 8.68. The van der Waals surface area contributed by atoms with Crippen LogP contribution >= 0.6 is 11.6 Å². The fourth-order valence-corrected chi connectivity index (χ4v) is 3.41. The number of hydrogen-bond donors (Lipinski definition) is 0. The number of rotatable bonds is 3. The number of halogens is 1. The van der Waals surface area contributed by atoms with Gasteiger partial charge in [0.2, 0.25) is 0 Å². The summed E-state index contributed by atoms with van der Waals surface area (Å²) in [6.45, 7) is 4.26. The van der Waals surface area contributed by atoms with Gasteiger partial charge in [0, 0.05) is 32.4 Å². The predicted molar refractivity (Wildman–Crippen MR) is 102 cm³/mol. The van der Waals surface area contributed by atoms with Crippen LogP contribution in [0.15, 0.2) is 47.1 Å². The second-order valence-corrected chi connectivity index (χ2v) is 6.69. The number of anilines is 1. The molecule has 1 amide bonds. The molecule has 3 aromatic rings. The molecule has 0 radical (unpaired) electrons. The summed E-state index contributed by atoms with van der Waals surface area (Å²) in [4.78, 5) is 25.6. The van der Waals surface area contributed by atoms with E-state index < -0.39 is 0 Å². The van der Waals surface area contributed by atoms with E-state index in [2.05, 4.69) is 20.0 Å². The van der Waals surface area contributed by atoms with E-state index in [-0.39, 0.29) is 5.91 Å². The summed E-state index contributed by atoms with van der Waals surface area (Å²) >= 11 is 6.23. The standard InChI is InChI=1S/C19H18ClN5O2/c1-13-22-18(27-23-13)14-5-2-3-6-15(14)19(26)25-11-9-24(10-12-25)17-16(20)7-4-8-21-17/h2-8H,9-12H2,1H3. The van der Waals surface area contributed by atoms with E-state index in [0.717, 1.165) is 5.82 Å². The molecule has 0 N–H and O–H groups in total. The van der Waals surface area contributed by atoms with Gasteiger partial charge >= 0.3 is 0 Å². The maximum atomic E-state index is 13.1. The molecule has 0 spiro atoms. The van der Waals surface area contributed by atoms with Crippen molar-refractivity contribution in [1.82, 2.24) is 20.0 Å². The quantitative estimate of drug-likeness (QED) is 0.692. The molecule has 0 aliphatic carbocycles. The van der Waals surface area contributed by atoms with Gasteiger partial charge in [0.25, 0.3) is 11.8 Å². The number of aryl methyl sites for hydroxylation is 1. The van der Waals surface area contributed by atoms with Gasteiger partial charge < -0.3 is 14.3 Å². The Hall–Kier alpha value is -2.93. The molecule has 0 atom stereocenters. The molecule has 0 bridgehead atoms. The van der Waals surface area contributed by atoms with Crippen LogP contribution in [-0.4, -0.2) is 52.1 Å². The van der Waals surface area contributed by atoms with Crippen LogP contribution in [0.1, 0.15) is 16.2 Å². The fourth-order valence-electron chi connectivity index (χ4n) is 3.16. The number of aromatic nitrogens is 3. The van der Waals surface area contributed by atoms with Crippen LogP contribution < -0.4 is 4.90 Å². The zero-order chi connectivity index (χ0) is 18.8. The molecule has 1 saturated heterocycles. The van der Waals surface area contributed by atoms with Crippen molar-refractivity contribution >= 4 is 23.3 Å². The highest BCUT2D eigenvalue weighted by molar-refractivity contribution is 6.32. The molecule has 0 saturated carbocycles. The Morgan fingerprint density at radius 3 is 2.59 bits per heavy atom. The molecule has 1 aromatic carbocycles. The number of hydrogen-bond acceptors (Lipinski definition) is 6. The Bertz CT molecular complexity index is 966. The Morgan fingerprint density at radius 1 is 1.11 bits per heavy atom. The van der Waals surface area contributed by atoms with E-state index in [1.165, 1.54) is 0 Å². The van der Waals surface area contributed by atoms with Gasteiger partial charge in [0.05, 0.1) is 16.1 Å². The Kier molecular flexibility index (Phi) is 4.77. The van der Waals surface area contributed by atoms with E-state index in [4.69, 9.17) is 16.1 Å². The summed E-state index contributed by atoms with van der Waals surface area (Å²) in [5.74, 6) is 1.60. The largest absolute Gasteiger partial charge is 0.352 e. The minimum atomic E-state index is -0.0479. The monoisotopic (exact) mass is 383 g/mol. The third-order valence-electron chi connectivity index (χ3n) is 4.52. The molecule has 1 fully saturated rings. The van der Waals surface area contributed by atoms with Crippen LogP contribution in [-0.2, 0) is 0 Å². The van der Waals surface area contributed by atoms with Gasteiger partial charge in [-0.05, 0) is 31.2 Å². The Balaban J connectivity index is 1.51. The molecule has 0 unspecified atom stereocenters. The SMILES string of the molecule is Cc1noc(-c2ccccc2C(=O)N2CCN(c3ncccc3Cl)CC2)n1. The van der Waals surface area contributed by atoms with E-state index in [1.54, 1.807) is 19.2 Å². The average Bonchev–Trinajstić information content (AvgIpc) is 3.14. The highest BCUT2D eigenvalue weighted by Crippen LogP contribution is 2.26. The normalized spacial score (nSPS) is 14.4. The summed E-state index contributed by atoms with van der Waals surface area (Å²) in [6, 6.07) is 10.9. The minimum absolute atomic E-state index is 0.0479. The Morgan fingerprint density at radius 2 is 1.89 bits per heavy atom. The second-order valence-electron chi connectivity index (χ2n) is 6.28. The van der Waals surface area contributed by atoms with Gasteiger partial charge in [-0.25, -0.2) is 4.98 Å². The van der Waals surface area contributed by atoms with E-state index >= 15 is 0 Å². The zero-order valence-electron chi connectivity index (χ0n) is 14.8. The smallest absolute Gasteiger partial charge is 0.258 e. The summed E-state index contributed by atoms with van der Waals surface area (Å²) in [5.41, 5.74) is 1.21. The molecule has 138 valence electrons. The third kappa shape index (κ3) is 3.50. The molecule has 1 aliphatic rings. The maximum Gasteiger partial charge on any atom is 0.258 e. The van der Waals surface area contributed by atoms with E-state index in [9.17, 15) is 4.79 Å². The van der Waals surface area contributed by atoms with Gasteiger partial charge in [0.1, 0.15) is 5.82 Å². The van der Waals surface area contributed by atoms with Crippen LogP contribution in [0.3, 0.4) is 0 Å². The van der Waals surface area contributed by atoms with Crippen molar-refractivity contribution < 1.29 is 9.32 Å². The van der Waals surface area contributed by atoms with Crippen molar-refractivity contribution in [3.63, 3.8) is 0 Å². The lowest BCUT2D eigenvalue weighted by molar-refractivity contribution is 0.0747. The van der Waals surface area contributed by atoms with Gasteiger partial charge in [-0.1, -0.05) is 28.9 Å². The zero-order valence-corrected chi connectivity index (χ0v) is 15.6. The predicted octanol–water partition coefficient (Wildman–Crippen LogP) is 3.06. The molecule has 7 nitrogen and oxygen atoms in total. The molecule has 8 heteroatoms. The fraction of sp³-hybridized carbons (Fsp3) is 0.263. The van der Waals surface area contributed by atoms with Crippen LogP contribution in [0.4, 0.5) is 5.82 Å². The number of amides is 1. The van der Waals surface area contributed by atoms with Gasteiger partial charge in [0.15, 0.2) is 5.82 Å². The molecular weight excluding hydrogens is 366 g/mol. The first-order chi connectivity index (χ1) is 13.1. The number of piperazine rings is 1. The molecular formula is C19H18ClN5O2. The third-order valence-corrected chi connectivity index (χ3v) is 4.82. The van der Waals surface area contributed by atoms with Crippen molar-refractivity contribution in [3.8, 4) is 11.5 Å². The van der Waals surface area contributed by atoms with Gasteiger partial charge in [-0.3, -0.25) is 4.79 Å². The van der Waals surface area contributed by atoms with Crippen LogP contribution in [0.2, 0.25) is 5.02 Å². The van der Waals surface area contributed by atoms with Crippen molar-refractivity contribution in [1.29, 1.82) is 0 Å². The minimum Gasteiger partial charge on any atom is -0.352 e. The lowest BCUT2D eigenvalue weighted by atomic mass is 10.1. The van der Waals surface area contributed by atoms with Gasteiger partial charge in [-0.2, -0.15) is 4.98 Å². The van der Waals surface area contributed by atoms with Gasteiger partial charge in [-0.15, -0.1) is 0 Å². The topological polar surface area (TPSA) is 75.4 Å². The summed E-state index contributed by atoms with van der Waals surface area (Å²) < 4.78 is 5.25. The van der Waals surface area contributed by atoms with E-state index in [1.807, 2.05) is 35.2 Å². The highest BCUT2D eigenvalue weighted by atomic mass is 35.5. The first-order valence-corrected chi connectivity index (χ1v) is 9.06. The van der Waals surface area contributed by atoms with Crippen molar-refractivity contribution in [2.75, 3.05) is 31.1 Å². The molecule has 3 heterocycles. The number of pyridine rings is 1. The lowest BCUT2D eigenvalue weighted by Crippen LogP contribution is -2.49. The van der Waals surface area contributed by atoms with Crippen molar-refractivity contribution in [2.24, 2.45) is 0 Å². The average molecular weight is 384 g/mol. The maximum absolute atomic E-state index is 13.1. The van der Waals surface area contributed by atoms with Crippen LogP contribution in [0.5, 0.6) is 0 Å². The molecule has 27 heavy (non-hydrogen) atoms. The number of benzene rings is 1. The van der Waals surface area contributed by atoms with Crippen molar-refractivity contribution in [3.05, 3.63) is 59.0 Å². The summed E-state index contributed by atoms with van der Waals surface area (Å²) in [6.07, 6.45) is 1.72. The molecule has 2 aromatic heterocycles. The molecule has 1 aliphatic heterocycles. The Labute approximate surface area is 161 Å². The lowest BCUT2D eigenvalue weighted by Gasteiger charge is -2.35. The van der Waals surface area contributed by atoms with Crippen LogP contribution in [0, 0.1) is 6.92 Å².